The molecule has 0 atom stereocenters. The molecular formula is C26H40F6O. The van der Waals surface area contributed by atoms with Crippen molar-refractivity contribution in [2.24, 2.45) is 17.8 Å². The summed E-state index contributed by atoms with van der Waals surface area (Å²) in [4.78, 5) is 0. The maximum Gasteiger partial charge on any atom is 0.251 e. The van der Waals surface area contributed by atoms with Crippen LogP contribution in [0, 0.1) is 29.4 Å². The molecule has 1 nitrogen and oxygen atoms in total. The summed E-state index contributed by atoms with van der Waals surface area (Å²) < 4.78 is 82.9. The van der Waals surface area contributed by atoms with Gasteiger partial charge in [0, 0.05) is 12.3 Å². The molecular weight excluding hydrogens is 442 g/mol. The van der Waals surface area contributed by atoms with Crippen molar-refractivity contribution in [3.05, 3.63) is 29.3 Å². The molecule has 1 aromatic carbocycles. The minimum atomic E-state index is -2.65. The molecule has 2 saturated carbocycles. The van der Waals surface area contributed by atoms with Crippen molar-refractivity contribution in [3.63, 3.8) is 0 Å². The Morgan fingerprint density at radius 1 is 0.909 bits per heavy atom. The molecule has 0 bridgehead atoms. The van der Waals surface area contributed by atoms with Crippen LogP contribution in [0.25, 0.3) is 0 Å². The van der Waals surface area contributed by atoms with E-state index in [1.165, 1.54) is 19.2 Å². The molecule has 0 aliphatic heterocycles. The Balaban J connectivity index is 0.000000820. The number of ether oxygens (including phenoxy) is 1. The maximum atomic E-state index is 14.8. The van der Waals surface area contributed by atoms with Gasteiger partial charge in [-0.3, -0.25) is 8.78 Å². The van der Waals surface area contributed by atoms with Crippen LogP contribution in [0.1, 0.15) is 89.5 Å². The first-order chi connectivity index (χ1) is 15.7. The van der Waals surface area contributed by atoms with E-state index in [0.717, 1.165) is 25.7 Å². The molecule has 192 valence electrons. The summed E-state index contributed by atoms with van der Waals surface area (Å²) in [5.74, 6) is -4.73. The van der Waals surface area contributed by atoms with Gasteiger partial charge in [-0.25, -0.2) is 13.2 Å². The van der Waals surface area contributed by atoms with Gasteiger partial charge in [0.15, 0.2) is 11.6 Å². The van der Waals surface area contributed by atoms with E-state index in [1.807, 2.05) is 0 Å². The molecule has 2 aliphatic rings. The van der Waals surface area contributed by atoms with Crippen molar-refractivity contribution in [1.29, 1.82) is 0 Å². The molecule has 0 saturated heterocycles. The fraction of sp³-hybridized carbons (Fsp3) is 0.769. The summed E-state index contributed by atoms with van der Waals surface area (Å²) in [5.41, 5.74) is 0.288. The highest BCUT2D eigenvalue weighted by atomic mass is 19.3. The zero-order valence-corrected chi connectivity index (χ0v) is 20.4. The third kappa shape index (κ3) is 8.71. The number of halogens is 6. The summed E-state index contributed by atoms with van der Waals surface area (Å²) in [7, 11) is 1.79. The molecule has 0 N–H and O–H groups in total. The number of alkyl halides is 4. The van der Waals surface area contributed by atoms with Gasteiger partial charge >= 0.3 is 0 Å². The molecule has 2 aliphatic carbocycles. The summed E-state index contributed by atoms with van der Waals surface area (Å²) in [6.45, 7) is 3.82. The lowest BCUT2D eigenvalue weighted by Crippen LogP contribution is -2.34. The van der Waals surface area contributed by atoms with E-state index < -0.39 is 23.5 Å². The van der Waals surface area contributed by atoms with E-state index in [9.17, 15) is 26.3 Å². The van der Waals surface area contributed by atoms with Gasteiger partial charge in [0.1, 0.15) is 0 Å². The Labute approximate surface area is 195 Å². The van der Waals surface area contributed by atoms with Crippen LogP contribution >= 0.6 is 0 Å². The van der Waals surface area contributed by atoms with Gasteiger partial charge in [0.25, 0.3) is 5.92 Å². The Bertz CT molecular complexity index is 663. The number of hydrogen-bond donors (Lipinski definition) is 0. The molecule has 0 spiro atoms. The second-order valence-electron chi connectivity index (χ2n) is 9.31. The quantitative estimate of drug-likeness (QED) is 0.368. The smallest absolute Gasteiger partial charge is 0.251 e. The van der Waals surface area contributed by atoms with Crippen molar-refractivity contribution in [2.45, 2.75) is 89.9 Å². The Kier molecular flexibility index (Phi) is 13.3. The van der Waals surface area contributed by atoms with Crippen molar-refractivity contribution in [3.8, 4) is 5.75 Å². The van der Waals surface area contributed by atoms with Crippen LogP contribution < -0.4 is 4.74 Å². The van der Waals surface area contributed by atoms with Gasteiger partial charge in [0.2, 0.25) is 5.82 Å². The normalized spacial score (nSPS) is 25.3. The highest BCUT2D eigenvalue weighted by Gasteiger charge is 2.43. The fourth-order valence-electron chi connectivity index (χ4n) is 4.93. The molecule has 33 heavy (non-hydrogen) atoms. The topological polar surface area (TPSA) is 9.23 Å². The van der Waals surface area contributed by atoms with Gasteiger partial charge in [0.05, 0.1) is 21.0 Å². The van der Waals surface area contributed by atoms with Crippen molar-refractivity contribution >= 4 is 0 Å². The zero-order valence-electron chi connectivity index (χ0n) is 20.4. The monoisotopic (exact) mass is 482 g/mol. The highest BCUT2D eigenvalue weighted by Crippen LogP contribution is 2.47. The third-order valence-electron chi connectivity index (χ3n) is 6.95. The largest absolute Gasteiger partial charge is 0.494 e. The molecule has 0 heterocycles. The van der Waals surface area contributed by atoms with Crippen LogP contribution in [-0.4, -0.2) is 26.9 Å². The van der Waals surface area contributed by atoms with E-state index in [-0.39, 0.29) is 36.2 Å². The Morgan fingerprint density at radius 2 is 1.45 bits per heavy atom. The standard InChI is InChI=1S/C22H30F4O.C3H7F.CH3F/c1-14-3-5-15(6-4-14)13-22(25,26)17-9-7-16(8-10-17)18-11-12-19(27-2)21(24)20(18)23;1-2-3-4;1-2/h11-12,14-17H,3-10,13H2,1-2H3;2-3H2,1H3;1H3. The van der Waals surface area contributed by atoms with E-state index in [0.29, 0.717) is 45.2 Å². The number of methoxy groups -OCH3 is 1. The molecule has 0 radical (unpaired) electrons. The number of hydrogen-bond acceptors (Lipinski definition) is 1. The number of benzene rings is 1. The van der Waals surface area contributed by atoms with Crippen LogP contribution in [0.5, 0.6) is 5.75 Å². The minimum Gasteiger partial charge on any atom is -0.494 e. The second kappa shape index (κ2) is 14.8. The lowest BCUT2D eigenvalue weighted by atomic mass is 9.72. The average molecular weight is 483 g/mol. The first kappa shape index (κ1) is 29.6. The SMILES string of the molecule is CCCF.CF.COc1ccc(C2CCC(C(F)(F)CC3CCC(C)CC3)CC2)c(F)c1F. The van der Waals surface area contributed by atoms with Crippen LogP contribution in [-0.2, 0) is 0 Å². The van der Waals surface area contributed by atoms with Gasteiger partial charge < -0.3 is 4.74 Å². The first-order valence-electron chi connectivity index (χ1n) is 12.1. The zero-order chi connectivity index (χ0) is 25.0. The molecule has 1 aromatic rings. The third-order valence-corrected chi connectivity index (χ3v) is 6.95. The van der Waals surface area contributed by atoms with Crippen LogP contribution in [0.4, 0.5) is 26.3 Å². The van der Waals surface area contributed by atoms with E-state index >= 15 is 0 Å². The molecule has 0 unspecified atom stereocenters. The van der Waals surface area contributed by atoms with E-state index in [2.05, 4.69) is 6.92 Å². The summed E-state index contributed by atoms with van der Waals surface area (Å²) in [6, 6.07) is 2.95. The van der Waals surface area contributed by atoms with Crippen molar-refractivity contribution in [1.82, 2.24) is 0 Å². The minimum absolute atomic E-state index is 0.0133. The Hall–Kier alpha value is -1.40. The van der Waals surface area contributed by atoms with Crippen molar-refractivity contribution in [2.75, 3.05) is 21.0 Å². The summed E-state index contributed by atoms with van der Waals surface area (Å²) >= 11 is 0. The van der Waals surface area contributed by atoms with Crippen molar-refractivity contribution < 1.29 is 31.1 Å². The van der Waals surface area contributed by atoms with Crippen LogP contribution in [0.15, 0.2) is 12.1 Å². The average Bonchev–Trinajstić information content (AvgIpc) is 2.83. The van der Waals surface area contributed by atoms with E-state index in [4.69, 9.17) is 4.74 Å². The maximum absolute atomic E-state index is 14.8. The van der Waals surface area contributed by atoms with Gasteiger partial charge in [-0.15, -0.1) is 0 Å². The molecule has 3 rings (SSSR count). The van der Waals surface area contributed by atoms with Crippen LogP contribution in [0.3, 0.4) is 0 Å². The summed E-state index contributed by atoms with van der Waals surface area (Å²) in [5, 5.41) is 0. The van der Waals surface area contributed by atoms with Gasteiger partial charge in [-0.2, -0.15) is 4.39 Å². The predicted octanol–water partition coefficient (Wildman–Crippen LogP) is 9.05. The molecule has 0 aromatic heterocycles. The summed E-state index contributed by atoms with van der Waals surface area (Å²) in [6.07, 6.45) is 6.24. The molecule has 0 amide bonds. The van der Waals surface area contributed by atoms with Crippen LogP contribution in [0.2, 0.25) is 0 Å². The predicted molar refractivity (Wildman–Crippen MR) is 122 cm³/mol. The van der Waals surface area contributed by atoms with Gasteiger partial charge in [-0.05, 0) is 74.3 Å². The fourth-order valence-corrected chi connectivity index (χ4v) is 4.93. The lowest BCUT2D eigenvalue weighted by Gasteiger charge is -2.37. The lowest BCUT2D eigenvalue weighted by molar-refractivity contribution is -0.0935. The molecule has 7 heteroatoms. The highest BCUT2D eigenvalue weighted by molar-refractivity contribution is 5.33. The second-order valence-corrected chi connectivity index (χ2v) is 9.31. The number of rotatable bonds is 6. The van der Waals surface area contributed by atoms with Gasteiger partial charge in [-0.1, -0.05) is 32.8 Å². The first-order valence-corrected chi connectivity index (χ1v) is 12.1. The molecule has 2 fully saturated rings. The Morgan fingerprint density at radius 3 is 1.94 bits per heavy atom. The van der Waals surface area contributed by atoms with E-state index in [1.54, 1.807) is 6.92 Å².